The number of benzene rings is 1. The van der Waals surface area contributed by atoms with Gasteiger partial charge in [-0.3, -0.25) is 4.99 Å². The second kappa shape index (κ2) is 11.3. The lowest BCUT2D eigenvalue weighted by Gasteiger charge is -2.35. The third-order valence-electron chi connectivity index (χ3n) is 5.00. The number of thiazole rings is 1. The number of hydrogen-bond acceptors (Lipinski definition) is 5. The molecule has 0 saturated carbocycles. The molecule has 3 rings (SSSR count). The van der Waals surface area contributed by atoms with Gasteiger partial charge in [-0.1, -0.05) is 17.7 Å². The van der Waals surface area contributed by atoms with Crippen LogP contribution in [0.4, 0.5) is 5.69 Å². The summed E-state index contributed by atoms with van der Waals surface area (Å²) in [5, 5.41) is 7.44. The summed E-state index contributed by atoms with van der Waals surface area (Å²) in [5.74, 6) is 0.829. The third-order valence-corrected chi connectivity index (χ3v) is 6.18. The summed E-state index contributed by atoms with van der Waals surface area (Å²) in [6.07, 6.45) is 0. The number of guanidine groups is 1. The number of aryl methyl sites for hydroxylation is 1. The topological polar surface area (TPSA) is 47.0 Å². The van der Waals surface area contributed by atoms with Gasteiger partial charge in [0.25, 0.3) is 0 Å². The lowest BCUT2D eigenvalue weighted by molar-refractivity contribution is 0.312. The summed E-state index contributed by atoms with van der Waals surface area (Å²) in [6, 6.07) is 6.16. The van der Waals surface area contributed by atoms with Crippen molar-refractivity contribution in [2.24, 2.45) is 4.99 Å². The Kier molecular flexibility index (Phi) is 9.45. The minimum absolute atomic E-state index is 0. The van der Waals surface area contributed by atoms with Gasteiger partial charge < -0.3 is 20.0 Å². The predicted octanol–water partition coefficient (Wildman–Crippen LogP) is 3.68. The normalized spacial score (nSPS) is 15.2. The van der Waals surface area contributed by atoms with Crippen LogP contribution in [0.1, 0.15) is 16.3 Å². The number of rotatable bonds is 5. The Morgan fingerprint density at radius 2 is 2.03 bits per heavy atom. The van der Waals surface area contributed by atoms with Crippen LogP contribution in [0.15, 0.2) is 28.6 Å². The molecule has 0 radical (unpaired) electrons. The van der Waals surface area contributed by atoms with Crippen LogP contribution in [0, 0.1) is 6.92 Å². The molecule has 0 spiro atoms. The standard InChI is InChI=1S/C20H29ClN6S.HI/c1-15-24-16(14-28-15)13-26(4)20(22-2)23-12-17-18(21)6-5-7-19(17)27-10-8-25(3)9-11-27;/h5-7,14H,8-13H2,1-4H3,(H,22,23);1H. The van der Waals surface area contributed by atoms with E-state index < -0.39 is 0 Å². The summed E-state index contributed by atoms with van der Waals surface area (Å²) in [5.41, 5.74) is 3.39. The van der Waals surface area contributed by atoms with Gasteiger partial charge in [0.2, 0.25) is 0 Å². The molecule has 0 atom stereocenters. The van der Waals surface area contributed by atoms with E-state index in [0.29, 0.717) is 6.54 Å². The molecular formula is C20H30ClIN6S. The highest BCUT2D eigenvalue weighted by atomic mass is 127. The SMILES string of the molecule is CN=C(NCc1c(Cl)cccc1N1CCN(C)CC1)N(C)Cc1csc(C)n1.I. The average Bonchev–Trinajstić information content (AvgIpc) is 3.08. The van der Waals surface area contributed by atoms with Gasteiger partial charge >= 0.3 is 0 Å². The number of anilines is 1. The van der Waals surface area contributed by atoms with Gasteiger partial charge in [-0.25, -0.2) is 4.98 Å². The fourth-order valence-corrected chi connectivity index (χ4v) is 4.26. The van der Waals surface area contributed by atoms with E-state index in [-0.39, 0.29) is 24.0 Å². The molecule has 1 aromatic heterocycles. The number of nitrogens with one attached hydrogen (secondary N) is 1. The summed E-state index contributed by atoms with van der Waals surface area (Å²) < 4.78 is 0. The minimum Gasteiger partial charge on any atom is -0.369 e. The lowest BCUT2D eigenvalue weighted by atomic mass is 10.1. The van der Waals surface area contributed by atoms with Crippen LogP contribution in [0.5, 0.6) is 0 Å². The Morgan fingerprint density at radius 1 is 1.31 bits per heavy atom. The first kappa shape index (κ1) is 24.2. The molecule has 2 aromatic rings. The number of nitrogens with zero attached hydrogens (tertiary/aromatic N) is 5. The van der Waals surface area contributed by atoms with Gasteiger partial charge in [0.05, 0.1) is 17.2 Å². The molecule has 160 valence electrons. The van der Waals surface area contributed by atoms with Gasteiger partial charge in [0.1, 0.15) is 0 Å². The Bertz CT molecular complexity index is 819. The molecule has 29 heavy (non-hydrogen) atoms. The molecule has 2 heterocycles. The molecule has 1 N–H and O–H groups in total. The van der Waals surface area contributed by atoms with Crippen LogP contribution in [0.25, 0.3) is 0 Å². The Hall–Kier alpha value is -1.10. The molecule has 6 nitrogen and oxygen atoms in total. The third kappa shape index (κ3) is 6.44. The first-order chi connectivity index (χ1) is 13.5. The number of hydrogen-bond donors (Lipinski definition) is 1. The largest absolute Gasteiger partial charge is 0.369 e. The van der Waals surface area contributed by atoms with Gasteiger partial charge in [0.15, 0.2) is 5.96 Å². The fourth-order valence-electron chi connectivity index (χ4n) is 3.42. The lowest BCUT2D eigenvalue weighted by Crippen LogP contribution is -2.45. The molecule has 1 aromatic carbocycles. The molecule has 0 amide bonds. The van der Waals surface area contributed by atoms with E-state index in [4.69, 9.17) is 11.6 Å². The van der Waals surface area contributed by atoms with Crippen LogP contribution in [-0.2, 0) is 13.1 Å². The minimum atomic E-state index is 0. The molecule has 1 aliphatic heterocycles. The Morgan fingerprint density at radius 3 is 2.66 bits per heavy atom. The molecule has 0 unspecified atom stereocenters. The summed E-state index contributed by atoms with van der Waals surface area (Å²) >= 11 is 8.25. The second-order valence-electron chi connectivity index (χ2n) is 7.14. The molecule has 0 bridgehead atoms. The fraction of sp³-hybridized carbons (Fsp3) is 0.500. The molecule has 1 aliphatic rings. The van der Waals surface area contributed by atoms with Crippen molar-refractivity contribution in [1.82, 2.24) is 20.1 Å². The molecule has 1 fully saturated rings. The number of aliphatic imine (C=N–C) groups is 1. The first-order valence-electron chi connectivity index (χ1n) is 9.51. The molecule has 9 heteroatoms. The molecule has 0 aliphatic carbocycles. The van der Waals surface area contributed by atoms with E-state index in [0.717, 1.165) is 60.0 Å². The molecular weight excluding hydrogens is 519 g/mol. The zero-order valence-corrected chi connectivity index (χ0v) is 21.4. The average molecular weight is 549 g/mol. The highest BCUT2D eigenvalue weighted by Gasteiger charge is 2.19. The van der Waals surface area contributed by atoms with E-state index in [1.54, 1.807) is 18.4 Å². The number of likely N-dealkylation sites (N-methyl/N-ethyl adjacent to an activating group) is 1. The van der Waals surface area contributed by atoms with Crippen LogP contribution in [-0.4, -0.2) is 68.1 Å². The van der Waals surface area contributed by atoms with E-state index in [1.807, 2.05) is 26.1 Å². The Labute approximate surface area is 200 Å². The summed E-state index contributed by atoms with van der Waals surface area (Å²) in [6.45, 7) is 7.54. The maximum atomic E-state index is 6.58. The van der Waals surface area contributed by atoms with Gasteiger partial charge in [-0.05, 0) is 26.1 Å². The van der Waals surface area contributed by atoms with Crippen LogP contribution >= 0.6 is 46.9 Å². The second-order valence-corrected chi connectivity index (χ2v) is 8.61. The first-order valence-corrected chi connectivity index (χ1v) is 10.8. The number of piperazine rings is 1. The predicted molar refractivity (Wildman–Crippen MR) is 135 cm³/mol. The van der Waals surface area contributed by atoms with E-state index in [2.05, 4.69) is 48.5 Å². The number of aromatic nitrogens is 1. The van der Waals surface area contributed by atoms with Crippen molar-refractivity contribution in [2.45, 2.75) is 20.0 Å². The van der Waals surface area contributed by atoms with Gasteiger partial charge in [-0.2, -0.15) is 0 Å². The quantitative estimate of drug-likeness (QED) is 0.351. The van der Waals surface area contributed by atoms with Crippen molar-refractivity contribution in [3.8, 4) is 0 Å². The summed E-state index contributed by atoms with van der Waals surface area (Å²) in [4.78, 5) is 15.8. The van der Waals surface area contributed by atoms with E-state index in [1.165, 1.54) is 5.69 Å². The zero-order valence-electron chi connectivity index (χ0n) is 17.5. The maximum Gasteiger partial charge on any atom is 0.194 e. The smallest absolute Gasteiger partial charge is 0.194 e. The van der Waals surface area contributed by atoms with Crippen molar-refractivity contribution in [3.05, 3.63) is 44.9 Å². The monoisotopic (exact) mass is 548 g/mol. The number of halogens is 2. The Balaban J connectivity index is 0.00000300. The van der Waals surface area contributed by atoms with Gasteiger partial charge in [0, 0.05) is 68.5 Å². The van der Waals surface area contributed by atoms with E-state index in [9.17, 15) is 0 Å². The van der Waals surface area contributed by atoms with Crippen molar-refractivity contribution >= 4 is 58.6 Å². The highest BCUT2D eigenvalue weighted by molar-refractivity contribution is 14.0. The van der Waals surface area contributed by atoms with Crippen molar-refractivity contribution < 1.29 is 0 Å². The molecule has 1 saturated heterocycles. The maximum absolute atomic E-state index is 6.58. The van der Waals surface area contributed by atoms with Crippen molar-refractivity contribution in [1.29, 1.82) is 0 Å². The van der Waals surface area contributed by atoms with E-state index >= 15 is 0 Å². The van der Waals surface area contributed by atoms with Crippen LogP contribution in [0.3, 0.4) is 0 Å². The highest BCUT2D eigenvalue weighted by Crippen LogP contribution is 2.28. The van der Waals surface area contributed by atoms with Crippen molar-refractivity contribution in [3.63, 3.8) is 0 Å². The summed E-state index contributed by atoms with van der Waals surface area (Å²) in [7, 11) is 6.00. The van der Waals surface area contributed by atoms with Gasteiger partial charge in [-0.15, -0.1) is 35.3 Å². The van der Waals surface area contributed by atoms with Crippen LogP contribution in [0.2, 0.25) is 5.02 Å². The van der Waals surface area contributed by atoms with Crippen molar-refractivity contribution in [2.75, 3.05) is 52.2 Å². The zero-order chi connectivity index (χ0) is 20.1. The van der Waals surface area contributed by atoms with Crippen LogP contribution < -0.4 is 10.2 Å².